The van der Waals surface area contributed by atoms with E-state index in [-0.39, 0.29) is 17.9 Å². The topological polar surface area (TPSA) is 49.4 Å². The average Bonchev–Trinajstić information content (AvgIpc) is 2.87. The van der Waals surface area contributed by atoms with E-state index >= 15 is 0 Å². The minimum Gasteiger partial charge on any atom is -0.352 e. The van der Waals surface area contributed by atoms with E-state index < -0.39 is 6.04 Å². The number of aryl methyl sites for hydroxylation is 2. The van der Waals surface area contributed by atoms with E-state index in [0.29, 0.717) is 23.7 Å². The number of nitrogens with zero attached hydrogens (tertiary/aromatic N) is 1. The highest BCUT2D eigenvalue weighted by Gasteiger charge is 2.30. The first-order valence-electron chi connectivity index (χ1n) is 12.8. The molecule has 0 aromatic heterocycles. The highest BCUT2D eigenvalue weighted by Crippen LogP contribution is 2.21. The molecule has 4 nitrogen and oxygen atoms in total. The van der Waals surface area contributed by atoms with E-state index in [2.05, 4.69) is 37.4 Å². The molecule has 3 aromatic rings. The van der Waals surface area contributed by atoms with Crippen LogP contribution in [-0.4, -0.2) is 34.6 Å². The fourth-order valence-electron chi connectivity index (χ4n) is 4.27. The van der Waals surface area contributed by atoms with Gasteiger partial charge in [0.05, 0.1) is 5.75 Å². The van der Waals surface area contributed by atoms with E-state index in [1.807, 2.05) is 68.4 Å². The normalized spacial score (nSPS) is 12.6. The molecule has 2 amide bonds. The Hall–Kier alpha value is -2.76. The second-order valence-electron chi connectivity index (χ2n) is 9.66. The molecule has 0 spiro atoms. The number of halogens is 1. The fraction of sp³-hybridized carbons (Fsp3) is 0.355. The second kappa shape index (κ2) is 14.3. The Bertz CT molecular complexity index is 1150. The Morgan fingerprint density at radius 3 is 2.19 bits per heavy atom. The SMILES string of the molecule is CC[C@H](C)NC(=O)[C@H](Cc1ccccc1)N(Cc1ccc(Cl)cc1)C(=O)CSCc1cc(C)cc(C)c1. The maximum absolute atomic E-state index is 13.7. The molecule has 1 N–H and O–H groups in total. The van der Waals surface area contributed by atoms with Gasteiger partial charge in [0.15, 0.2) is 0 Å². The number of amides is 2. The summed E-state index contributed by atoms with van der Waals surface area (Å²) in [6.07, 6.45) is 1.27. The van der Waals surface area contributed by atoms with Crippen molar-refractivity contribution >= 4 is 35.2 Å². The average molecular weight is 537 g/mol. The molecule has 3 aromatic carbocycles. The molecule has 0 aliphatic carbocycles. The van der Waals surface area contributed by atoms with Gasteiger partial charge >= 0.3 is 0 Å². The summed E-state index contributed by atoms with van der Waals surface area (Å²) in [6, 6.07) is 23.2. The van der Waals surface area contributed by atoms with Gasteiger partial charge in [-0.15, -0.1) is 11.8 Å². The quantitative estimate of drug-likeness (QED) is 0.279. The fourth-order valence-corrected chi connectivity index (χ4v) is 5.24. The summed E-state index contributed by atoms with van der Waals surface area (Å²) in [4.78, 5) is 29.0. The first kappa shape index (κ1) is 28.8. The standard InChI is InChI=1S/C31H37ClN2O2S/c1-5-24(4)33-31(36)29(18-25-9-7-6-8-10-25)34(19-26-11-13-28(32)14-12-26)30(35)21-37-20-27-16-22(2)15-23(3)17-27/h6-17,24,29H,5,18-21H2,1-4H3,(H,33,36)/t24-,29-/m0/s1. The van der Waals surface area contributed by atoms with Gasteiger partial charge in [-0.05, 0) is 56.0 Å². The van der Waals surface area contributed by atoms with Crippen LogP contribution in [0.2, 0.25) is 5.02 Å². The minimum atomic E-state index is -0.624. The molecule has 37 heavy (non-hydrogen) atoms. The largest absolute Gasteiger partial charge is 0.352 e. The molecule has 0 fully saturated rings. The number of benzene rings is 3. The maximum Gasteiger partial charge on any atom is 0.243 e. The lowest BCUT2D eigenvalue weighted by atomic mass is 10.0. The number of rotatable bonds is 12. The van der Waals surface area contributed by atoms with Crippen LogP contribution in [0.1, 0.15) is 48.1 Å². The van der Waals surface area contributed by atoms with Gasteiger partial charge in [0.25, 0.3) is 0 Å². The van der Waals surface area contributed by atoms with E-state index in [4.69, 9.17) is 11.6 Å². The Balaban J connectivity index is 1.85. The van der Waals surface area contributed by atoms with Crippen LogP contribution in [0, 0.1) is 13.8 Å². The first-order chi connectivity index (χ1) is 17.7. The second-order valence-corrected chi connectivity index (χ2v) is 11.1. The highest BCUT2D eigenvalue weighted by atomic mass is 35.5. The number of nitrogens with one attached hydrogen (secondary N) is 1. The Morgan fingerprint density at radius 2 is 1.57 bits per heavy atom. The van der Waals surface area contributed by atoms with Crippen LogP contribution in [-0.2, 0) is 28.3 Å². The van der Waals surface area contributed by atoms with Crippen molar-refractivity contribution in [2.75, 3.05) is 5.75 Å². The van der Waals surface area contributed by atoms with Crippen molar-refractivity contribution in [1.29, 1.82) is 0 Å². The molecule has 0 unspecified atom stereocenters. The van der Waals surface area contributed by atoms with Gasteiger partial charge < -0.3 is 10.2 Å². The van der Waals surface area contributed by atoms with Gasteiger partial charge in [-0.3, -0.25) is 9.59 Å². The molecule has 2 atom stereocenters. The van der Waals surface area contributed by atoms with Crippen molar-refractivity contribution in [1.82, 2.24) is 10.2 Å². The van der Waals surface area contributed by atoms with E-state index in [1.165, 1.54) is 16.7 Å². The highest BCUT2D eigenvalue weighted by molar-refractivity contribution is 7.99. The number of hydrogen-bond donors (Lipinski definition) is 1. The molecular formula is C31H37ClN2O2S. The van der Waals surface area contributed by atoms with E-state index in [9.17, 15) is 9.59 Å². The lowest BCUT2D eigenvalue weighted by molar-refractivity contribution is -0.139. The maximum atomic E-state index is 13.7. The van der Waals surface area contributed by atoms with E-state index in [1.54, 1.807) is 16.7 Å². The van der Waals surface area contributed by atoms with Crippen molar-refractivity contribution in [3.05, 3.63) is 106 Å². The van der Waals surface area contributed by atoms with Crippen LogP contribution in [0.15, 0.2) is 72.8 Å². The third kappa shape index (κ3) is 9.24. The predicted octanol–water partition coefficient (Wildman–Crippen LogP) is 6.74. The predicted molar refractivity (Wildman–Crippen MR) is 156 cm³/mol. The van der Waals surface area contributed by atoms with Crippen LogP contribution in [0.4, 0.5) is 0 Å². The summed E-state index contributed by atoms with van der Waals surface area (Å²) in [6.45, 7) is 8.54. The molecule has 0 aliphatic rings. The van der Waals surface area contributed by atoms with Crippen LogP contribution in [0.25, 0.3) is 0 Å². The number of carbonyl (C=O) groups excluding carboxylic acids is 2. The first-order valence-corrected chi connectivity index (χ1v) is 14.3. The Kier molecular flexibility index (Phi) is 11.1. The molecule has 0 saturated carbocycles. The molecule has 0 bridgehead atoms. The summed E-state index contributed by atoms with van der Waals surface area (Å²) in [5.74, 6) is 0.859. The zero-order valence-electron chi connectivity index (χ0n) is 22.2. The summed E-state index contributed by atoms with van der Waals surface area (Å²) in [7, 11) is 0. The lowest BCUT2D eigenvalue weighted by Gasteiger charge is -2.32. The van der Waals surface area contributed by atoms with Gasteiger partial charge in [0.2, 0.25) is 11.8 Å². The Labute approximate surface area is 230 Å². The molecular weight excluding hydrogens is 500 g/mol. The van der Waals surface area contributed by atoms with Crippen molar-refractivity contribution in [2.45, 2.75) is 64.9 Å². The molecule has 3 rings (SSSR count). The zero-order valence-corrected chi connectivity index (χ0v) is 23.7. The molecule has 0 radical (unpaired) electrons. The monoisotopic (exact) mass is 536 g/mol. The van der Waals surface area contributed by atoms with Gasteiger partial charge in [-0.1, -0.05) is 90.3 Å². The summed E-state index contributed by atoms with van der Waals surface area (Å²) in [5.41, 5.74) is 5.59. The third-order valence-corrected chi connectivity index (χ3v) is 7.55. The van der Waals surface area contributed by atoms with E-state index in [0.717, 1.165) is 23.3 Å². The number of hydrogen-bond acceptors (Lipinski definition) is 3. The van der Waals surface area contributed by atoms with Crippen LogP contribution in [0.5, 0.6) is 0 Å². The van der Waals surface area contributed by atoms with Crippen molar-refractivity contribution in [3.63, 3.8) is 0 Å². The molecule has 0 aliphatic heterocycles. The smallest absolute Gasteiger partial charge is 0.243 e. The van der Waals surface area contributed by atoms with Crippen molar-refractivity contribution in [3.8, 4) is 0 Å². The summed E-state index contributed by atoms with van der Waals surface area (Å²) < 4.78 is 0. The third-order valence-electron chi connectivity index (χ3n) is 6.31. The molecule has 6 heteroatoms. The van der Waals surface area contributed by atoms with Gasteiger partial charge in [-0.25, -0.2) is 0 Å². The number of carbonyl (C=O) groups is 2. The van der Waals surface area contributed by atoms with Gasteiger partial charge in [-0.2, -0.15) is 0 Å². The minimum absolute atomic E-state index is 0.0252. The van der Waals surface area contributed by atoms with Gasteiger partial charge in [0, 0.05) is 29.8 Å². The van der Waals surface area contributed by atoms with Crippen molar-refractivity contribution < 1.29 is 9.59 Å². The van der Waals surface area contributed by atoms with Crippen molar-refractivity contribution in [2.24, 2.45) is 0 Å². The zero-order chi connectivity index (χ0) is 26.8. The van der Waals surface area contributed by atoms with Crippen LogP contribution < -0.4 is 5.32 Å². The molecule has 0 saturated heterocycles. The van der Waals surface area contributed by atoms with Gasteiger partial charge in [0.1, 0.15) is 6.04 Å². The Morgan fingerprint density at radius 1 is 0.919 bits per heavy atom. The summed E-state index contributed by atoms with van der Waals surface area (Å²) >= 11 is 7.69. The van der Waals surface area contributed by atoms with Crippen LogP contribution in [0.3, 0.4) is 0 Å². The lowest BCUT2D eigenvalue weighted by Crippen LogP contribution is -2.52. The number of thioether (sulfide) groups is 1. The summed E-state index contributed by atoms with van der Waals surface area (Å²) in [5, 5.41) is 3.75. The molecule has 0 heterocycles. The molecule has 196 valence electrons. The van der Waals surface area contributed by atoms with Crippen LogP contribution >= 0.6 is 23.4 Å².